The fourth-order valence-electron chi connectivity index (χ4n) is 12.0. The van der Waals surface area contributed by atoms with Crippen molar-refractivity contribution in [3.63, 3.8) is 0 Å². The first-order valence-electron chi connectivity index (χ1n) is 14.1. The molecule has 5 aliphatic carbocycles. The van der Waals surface area contributed by atoms with Crippen molar-refractivity contribution in [3.8, 4) is 0 Å². The van der Waals surface area contributed by atoms with Crippen molar-refractivity contribution in [1.29, 1.82) is 0 Å². The van der Waals surface area contributed by atoms with Gasteiger partial charge in [-0.05, 0) is 79.4 Å². The van der Waals surface area contributed by atoms with E-state index in [0.717, 1.165) is 51.4 Å². The Bertz CT molecular complexity index is 1010. The van der Waals surface area contributed by atoms with Crippen LogP contribution in [0.4, 0.5) is 0 Å². The molecule has 5 saturated carbocycles. The fourth-order valence-corrected chi connectivity index (χ4v) is 12.0. The molecule has 34 heavy (non-hydrogen) atoms. The zero-order chi connectivity index (χ0) is 24.3. The van der Waals surface area contributed by atoms with Crippen molar-refractivity contribution in [2.24, 2.45) is 50.2 Å². The third-order valence-electron chi connectivity index (χ3n) is 14.0. The fraction of sp³-hybridized carbons (Fsp3) is 0.933. The van der Waals surface area contributed by atoms with Gasteiger partial charge in [-0.15, -0.1) is 0 Å². The van der Waals surface area contributed by atoms with Gasteiger partial charge in [-0.2, -0.15) is 0 Å². The number of Topliss-reactive ketones (excluding diaryl/α,β-unsaturated/α-hetero) is 1. The van der Waals surface area contributed by atoms with Crippen molar-refractivity contribution in [2.45, 2.75) is 124 Å². The van der Waals surface area contributed by atoms with Crippen molar-refractivity contribution >= 4 is 11.8 Å². The first kappa shape index (κ1) is 22.3. The van der Waals surface area contributed by atoms with Crippen LogP contribution in [0.3, 0.4) is 0 Å². The quantitative estimate of drug-likeness (QED) is 0.318. The molecule has 0 aromatic rings. The average Bonchev–Trinajstić information content (AvgIpc) is 3.49. The number of rotatable bonds is 0. The molecule has 0 aromatic heterocycles. The SMILES string of the molecule is CC1(C)CC[C@]23CC[C@@]4(C)[C@@](OC2=O)([C@@H]2O[C@@H]2[C@H]2[C@]5(C)CCC(=O)C(C)(C)[C@H]5CC[C@]24C)[C@H]3C1. The number of hydrogen-bond acceptors (Lipinski definition) is 4. The summed E-state index contributed by atoms with van der Waals surface area (Å²) in [6, 6.07) is 0. The Balaban J connectivity index is 1.39. The molecule has 0 aromatic carbocycles. The summed E-state index contributed by atoms with van der Waals surface area (Å²) in [6.45, 7) is 16.7. The van der Waals surface area contributed by atoms with Gasteiger partial charge in [0.05, 0.1) is 11.5 Å². The molecule has 0 N–H and O–H groups in total. The second-order valence-electron chi connectivity index (χ2n) is 15.8. The van der Waals surface area contributed by atoms with E-state index in [4.69, 9.17) is 9.47 Å². The number of esters is 1. The van der Waals surface area contributed by atoms with E-state index in [1.807, 2.05) is 0 Å². The van der Waals surface area contributed by atoms with E-state index in [0.29, 0.717) is 24.0 Å². The molecule has 0 unspecified atom stereocenters. The van der Waals surface area contributed by atoms with E-state index >= 15 is 0 Å². The van der Waals surface area contributed by atoms with Gasteiger partial charge in [0.2, 0.25) is 0 Å². The predicted octanol–water partition coefficient (Wildman–Crippen LogP) is 6.10. The highest BCUT2D eigenvalue weighted by Gasteiger charge is 2.89. The number of carbonyl (C=O) groups excluding carboxylic acids is 2. The number of carbonyl (C=O) groups is 2. The summed E-state index contributed by atoms with van der Waals surface area (Å²) in [7, 11) is 0. The van der Waals surface area contributed by atoms with Crippen LogP contribution in [0.15, 0.2) is 0 Å². The maximum atomic E-state index is 13.7. The Kier molecular flexibility index (Phi) is 3.81. The molecule has 0 radical (unpaired) electrons. The van der Waals surface area contributed by atoms with E-state index in [-0.39, 0.29) is 56.6 Å². The zero-order valence-corrected chi connectivity index (χ0v) is 22.4. The van der Waals surface area contributed by atoms with Gasteiger partial charge in [0.25, 0.3) is 0 Å². The Labute approximate surface area is 205 Å². The summed E-state index contributed by atoms with van der Waals surface area (Å²) in [5.74, 6) is 1.65. The summed E-state index contributed by atoms with van der Waals surface area (Å²) < 4.78 is 13.6. The monoisotopic (exact) mass is 468 g/mol. The van der Waals surface area contributed by atoms with Crippen LogP contribution < -0.4 is 0 Å². The van der Waals surface area contributed by atoms with Crippen LogP contribution in [0.25, 0.3) is 0 Å². The molecule has 7 fully saturated rings. The van der Waals surface area contributed by atoms with E-state index in [2.05, 4.69) is 48.5 Å². The minimum Gasteiger partial charge on any atom is -0.455 e. The molecule has 4 heteroatoms. The van der Waals surface area contributed by atoms with Crippen LogP contribution in [-0.4, -0.2) is 29.6 Å². The molecule has 0 amide bonds. The Morgan fingerprint density at radius 2 is 1.53 bits per heavy atom. The van der Waals surface area contributed by atoms with E-state index in [1.165, 1.54) is 0 Å². The van der Waals surface area contributed by atoms with Crippen LogP contribution in [0.1, 0.15) is 106 Å². The van der Waals surface area contributed by atoms with Gasteiger partial charge in [0.15, 0.2) is 5.60 Å². The van der Waals surface area contributed by atoms with Crippen molar-refractivity contribution in [3.05, 3.63) is 0 Å². The zero-order valence-electron chi connectivity index (χ0n) is 22.4. The lowest BCUT2D eigenvalue weighted by molar-refractivity contribution is -0.266. The maximum absolute atomic E-state index is 13.7. The lowest BCUT2D eigenvalue weighted by Gasteiger charge is -2.72. The van der Waals surface area contributed by atoms with E-state index in [1.54, 1.807) is 0 Å². The number of ether oxygens (including phenoxy) is 2. The topological polar surface area (TPSA) is 55.9 Å². The number of epoxide rings is 1. The molecular weight excluding hydrogens is 424 g/mol. The maximum Gasteiger partial charge on any atom is 0.313 e. The highest BCUT2D eigenvalue weighted by molar-refractivity contribution is 5.85. The van der Waals surface area contributed by atoms with Crippen LogP contribution >= 0.6 is 0 Å². The van der Waals surface area contributed by atoms with Gasteiger partial charge < -0.3 is 9.47 Å². The number of fused-ring (bicyclic) bond motifs is 6. The molecular formula is C30H44O4. The predicted molar refractivity (Wildman–Crippen MR) is 129 cm³/mol. The smallest absolute Gasteiger partial charge is 0.313 e. The van der Waals surface area contributed by atoms with E-state index in [9.17, 15) is 9.59 Å². The number of hydrogen-bond donors (Lipinski definition) is 0. The van der Waals surface area contributed by atoms with Gasteiger partial charge in [-0.1, -0.05) is 48.5 Å². The highest BCUT2D eigenvalue weighted by atomic mass is 16.6. The Morgan fingerprint density at radius 3 is 2.26 bits per heavy atom. The highest BCUT2D eigenvalue weighted by Crippen LogP contribution is 2.83. The minimum atomic E-state index is -0.473. The Hall–Kier alpha value is -0.900. The molecule has 7 aliphatic rings. The van der Waals surface area contributed by atoms with Gasteiger partial charge in [0.1, 0.15) is 11.9 Å². The molecule has 188 valence electrons. The molecule has 4 nitrogen and oxygen atoms in total. The molecule has 10 atom stereocenters. The van der Waals surface area contributed by atoms with Crippen molar-refractivity contribution in [1.82, 2.24) is 0 Å². The van der Waals surface area contributed by atoms with Gasteiger partial charge in [-0.25, -0.2) is 0 Å². The first-order chi connectivity index (χ1) is 15.7. The van der Waals surface area contributed by atoms with Gasteiger partial charge in [-0.3, -0.25) is 9.59 Å². The summed E-state index contributed by atoms with van der Waals surface area (Å²) >= 11 is 0. The largest absolute Gasteiger partial charge is 0.455 e. The van der Waals surface area contributed by atoms with Gasteiger partial charge >= 0.3 is 5.97 Å². The molecule has 2 heterocycles. The minimum absolute atomic E-state index is 0.0388. The van der Waals surface area contributed by atoms with Crippen LogP contribution in [0, 0.1) is 50.2 Å². The summed E-state index contributed by atoms with van der Waals surface area (Å²) in [6.07, 6.45) is 9.31. The molecule has 1 spiro atoms. The molecule has 7 rings (SSSR count). The lowest BCUT2D eigenvalue weighted by Crippen LogP contribution is -2.74. The molecule has 2 aliphatic heterocycles. The summed E-state index contributed by atoms with van der Waals surface area (Å²) in [5.41, 5.74) is -0.720. The second kappa shape index (κ2) is 5.81. The van der Waals surface area contributed by atoms with E-state index < -0.39 is 5.60 Å². The first-order valence-corrected chi connectivity index (χ1v) is 14.1. The molecule has 2 saturated heterocycles. The average molecular weight is 469 g/mol. The Morgan fingerprint density at radius 1 is 0.824 bits per heavy atom. The van der Waals surface area contributed by atoms with Crippen molar-refractivity contribution < 1.29 is 19.1 Å². The summed E-state index contributed by atoms with van der Waals surface area (Å²) in [5, 5.41) is 0. The second-order valence-corrected chi connectivity index (χ2v) is 15.8. The van der Waals surface area contributed by atoms with Gasteiger partial charge in [0, 0.05) is 23.2 Å². The van der Waals surface area contributed by atoms with Crippen molar-refractivity contribution in [2.75, 3.05) is 0 Å². The standard InChI is InChI=1S/C30H44O4/c1-24(2)12-14-29-15-13-28(7)27(6)11-8-17-25(3,4)19(31)9-10-26(17,5)21(27)20-22(33-20)30(28,18(29)16-24)34-23(29)32/h17-18,20-22H,8-16H2,1-7H3/t17-,18+,20-,21+,22-,26-,27-,28-,29-,30+/m1/s1. The van der Waals surface area contributed by atoms with Crippen LogP contribution in [-0.2, 0) is 19.1 Å². The summed E-state index contributed by atoms with van der Waals surface area (Å²) in [4.78, 5) is 26.7. The normalized spacial score (nSPS) is 60.1. The third-order valence-corrected chi connectivity index (χ3v) is 14.0. The lowest BCUT2D eigenvalue weighted by atomic mass is 9.31. The molecule has 2 bridgehead atoms. The van der Waals surface area contributed by atoms with Crippen LogP contribution in [0.5, 0.6) is 0 Å². The van der Waals surface area contributed by atoms with Crippen LogP contribution in [0.2, 0.25) is 0 Å². The number of ketones is 1. The third kappa shape index (κ3) is 2.05.